The molecule has 1 heterocycles. The van der Waals surface area contributed by atoms with E-state index in [1.54, 1.807) is 6.07 Å². The molecule has 94 valence electrons. The van der Waals surface area contributed by atoms with Gasteiger partial charge in [0.15, 0.2) is 0 Å². The molecule has 19 heavy (non-hydrogen) atoms. The Morgan fingerprint density at radius 2 is 1.95 bits per heavy atom. The van der Waals surface area contributed by atoms with Gasteiger partial charge in [-0.15, -0.1) is 0 Å². The Morgan fingerprint density at radius 1 is 1.11 bits per heavy atom. The first-order chi connectivity index (χ1) is 9.13. The molecular formula is C16H12ClNO. The van der Waals surface area contributed by atoms with Gasteiger partial charge >= 0.3 is 0 Å². The average molecular weight is 270 g/mol. The first-order valence-corrected chi connectivity index (χ1v) is 6.41. The van der Waals surface area contributed by atoms with E-state index in [4.69, 9.17) is 11.6 Å². The van der Waals surface area contributed by atoms with E-state index in [-0.39, 0.29) is 5.78 Å². The summed E-state index contributed by atoms with van der Waals surface area (Å²) in [6.45, 7) is 1.97. The van der Waals surface area contributed by atoms with Gasteiger partial charge in [0, 0.05) is 21.5 Å². The zero-order valence-electron chi connectivity index (χ0n) is 10.4. The van der Waals surface area contributed by atoms with Crippen LogP contribution in [0, 0.1) is 6.92 Å². The lowest BCUT2D eigenvalue weighted by atomic mass is 10.1. The molecule has 0 fully saturated rings. The molecule has 0 aliphatic heterocycles. The zero-order chi connectivity index (χ0) is 13.4. The zero-order valence-corrected chi connectivity index (χ0v) is 11.2. The number of rotatable bonds is 2. The van der Waals surface area contributed by atoms with Gasteiger partial charge in [-0.25, -0.2) is 0 Å². The van der Waals surface area contributed by atoms with Gasteiger partial charge in [0.25, 0.3) is 0 Å². The molecule has 3 aromatic rings. The summed E-state index contributed by atoms with van der Waals surface area (Å²) in [6, 6.07) is 15.0. The minimum Gasteiger partial charge on any atom is -0.352 e. The fourth-order valence-electron chi connectivity index (χ4n) is 2.17. The Balaban J connectivity index is 2.06. The molecule has 2 aromatic carbocycles. The summed E-state index contributed by atoms with van der Waals surface area (Å²) < 4.78 is 0. The van der Waals surface area contributed by atoms with Crippen LogP contribution >= 0.6 is 11.6 Å². The maximum absolute atomic E-state index is 12.4. The fraction of sp³-hybridized carbons (Fsp3) is 0.0625. The van der Waals surface area contributed by atoms with Crippen molar-refractivity contribution in [2.45, 2.75) is 6.92 Å². The van der Waals surface area contributed by atoms with Crippen LogP contribution in [0.5, 0.6) is 0 Å². The SMILES string of the molecule is Cc1cccc(C(=O)c2cc3cc(Cl)ccc3[nH]2)c1. The molecule has 1 N–H and O–H groups in total. The normalized spacial score (nSPS) is 10.8. The monoisotopic (exact) mass is 269 g/mol. The summed E-state index contributed by atoms with van der Waals surface area (Å²) in [5.41, 5.74) is 3.27. The summed E-state index contributed by atoms with van der Waals surface area (Å²) in [6.07, 6.45) is 0. The Kier molecular flexibility index (Phi) is 2.88. The van der Waals surface area contributed by atoms with Crippen molar-refractivity contribution in [3.8, 4) is 0 Å². The highest BCUT2D eigenvalue weighted by Gasteiger charge is 2.12. The predicted molar refractivity (Wildman–Crippen MR) is 77.9 cm³/mol. The van der Waals surface area contributed by atoms with Gasteiger partial charge in [-0.05, 0) is 37.3 Å². The number of aromatic amines is 1. The van der Waals surface area contributed by atoms with Crippen LogP contribution in [0.2, 0.25) is 5.02 Å². The maximum atomic E-state index is 12.4. The molecule has 0 aliphatic carbocycles. The van der Waals surface area contributed by atoms with Crippen molar-refractivity contribution in [2.24, 2.45) is 0 Å². The molecular weight excluding hydrogens is 258 g/mol. The first-order valence-electron chi connectivity index (χ1n) is 6.03. The van der Waals surface area contributed by atoms with E-state index in [0.29, 0.717) is 16.3 Å². The fourth-order valence-corrected chi connectivity index (χ4v) is 2.35. The first kappa shape index (κ1) is 12.0. The minimum atomic E-state index is -0.00368. The number of nitrogens with one attached hydrogen (secondary N) is 1. The number of aryl methyl sites for hydroxylation is 1. The van der Waals surface area contributed by atoms with Crippen molar-refractivity contribution in [1.29, 1.82) is 0 Å². The molecule has 2 nitrogen and oxygen atoms in total. The Labute approximate surface area is 116 Å². The number of aromatic nitrogens is 1. The lowest BCUT2D eigenvalue weighted by molar-refractivity contribution is 0.103. The van der Waals surface area contributed by atoms with Crippen molar-refractivity contribution in [3.63, 3.8) is 0 Å². The summed E-state index contributed by atoms with van der Waals surface area (Å²) in [5.74, 6) is -0.00368. The Bertz CT molecular complexity index is 773. The molecule has 0 aliphatic rings. The largest absolute Gasteiger partial charge is 0.352 e. The van der Waals surface area contributed by atoms with Crippen LogP contribution in [-0.4, -0.2) is 10.8 Å². The maximum Gasteiger partial charge on any atom is 0.209 e. The van der Waals surface area contributed by atoms with Crippen LogP contribution < -0.4 is 0 Å². The quantitative estimate of drug-likeness (QED) is 0.689. The highest BCUT2D eigenvalue weighted by Crippen LogP contribution is 2.21. The van der Waals surface area contributed by atoms with Crippen LogP contribution in [0.3, 0.4) is 0 Å². The van der Waals surface area contributed by atoms with E-state index in [0.717, 1.165) is 16.5 Å². The van der Waals surface area contributed by atoms with E-state index >= 15 is 0 Å². The van der Waals surface area contributed by atoms with Gasteiger partial charge in [-0.2, -0.15) is 0 Å². The Morgan fingerprint density at radius 3 is 2.74 bits per heavy atom. The van der Waals surface area contributed by atoms with Gasteiger partial charge < -0.3 is 4.98 Å². The second-order valence-electron chi connectivity index (χ2n) is 4.61. The van der Waals surface area contributed by atoms with E-state index in [1.165, 1.54) is 0 Å². The summed E-state index contributed by atoms with van der Waals surface area (Å²) in [5, 5.41) is 1.62. The van der Waals surface area contributed by atoms with Crippen LogP contribution in [-0.2, 0) is 0 Å². The number of hydrogen-bond donors (Lipinski definition) is 1. The molecule has 0 unspecified atom stereocenters. The van der Waals surface area contributed by atoms with Gasteiger partial charge in [-0.3, -0.25) is 4.79 Å². The highest BCUT2D eigenvalue weighted by atomic mass is 35.5. The summed E-state index contributed by atoms with van der Waals surface area (Å²) >= 11 is 5.95. The van der Waals surface area contributed by atoms with Gasteiger partial charge in [-0.1, -0.05) is 35.4 Å². The molecule has 0 radical (unpaired) electrons. The van der Waals surface area contributed by atoms with Gasteiger partial charge in [0.05, 0.1) is 5.69 Å². The van der Waals surface area contributed by atoms with Crippen molar-refractivity contribution in [3.05, 3.63) is 70.4 Å². The van der Waals surface area contributed by atoms with Crippen molar-refractivity contribution < 1.29 is 4.79 Å². The van der Waals surface area contributed by atoms with E-state index in [9.17, 15) is 4.79 Å². The van der Waals surface area contributed by atoms with Crippen molar-refractivity contribution >= 4 is 28.3 Å². The molecule has 3 heteroatoms. The van der Waals surface area contributed by atoms with Crippen molar-refractivity contribution in [2.75, 3.05) is 0 Å². The topological polar surface area (TPSA) is 32.9 Å². The predicted octanol–water partition coefficient (Wildman–Crippen LogP) is 4.36. The van der Waals surface area contributed by atoms with Crippen molar-refractivity contribution in [1.82, 2.24) is 4.98 Å². The summed E-state index contributed by atoms with van der Waals surface area (Å²) in [4.78, 5) is 15.5. The summed E-state index contributed by atoms with van der Waals surface area (Å²) in [7, 11) is 0. The molecule has 0 spiro atoms. The van der Waals surface area contributed by atoms with Crippen LogP contribution in [0.25, 0.3) is 10.9 Å². The number of halogens is 1. The third kappa shape index (κ3) is 2.27. The molecule has 0 saturated heterocycles. The molecule has 3 rings (SSSR count). The third-order valence-electron chi connectivity index (χ3n) is 3.11. The van der Waals surface area contributed by atoms with Crippen LogP contribution in [0.1, 0.15) is 21.6 Å². The number of ketones is 1. The number of H-pyrrole nitrogens is 1. The number of benzene rings is 2. The molecule has 0 amide bonds. The van der Waals surface area contributed by atoms with Gasteiger partial charge in [0.2, 0.25) is 5.78 Å². The van der Waals surface area contributed by atoms with E-state index in [1.807, 2.05) is 49.4 Å². The molecule has 1 aromatic heterocycles. The van der Waals surface area contributed by atoms with E-state index < -0.39 is 0 Å². The number of carbonyl (C=O) groups excluding carboxylic acids is 1. The average Bonchev–Trinajstić information content (AvgIpc) is 2.80. The van der Waals surface area contributed by atoms with Gasteiger partial charge in [0.1, 0.15) is 0 Å². The molecule has 0 atom stereocenters. The lowest BCUT2D eigenvalue weighted by Crippen LogP contribution is -2.01. The van der Waals surface area contributed by atoms with E-state index in [2.05, 4.69) is 4.98 Å². The number of hydrogen-bond acceptors (Lipinski definition) is 1. The number of fused-ring (bicyclic) bond motifs is 1. The Hall–Kier alpha value is -2.06. The highest BCUT2D eigenvalue weighted by molar-refractivity contribution is 6.31. The minimum absolute atomic E-state index is 0.00368. The standard InChI is InChI=1S/C16H12ClNO/c1-10-3-2-4-11(7-10)16(19)15-9-12-8-13(17)5-6-14(12)18-15/h2-9,18H,1H3. The van der Waals surface area contributed by atoms with Crippen LogP contribution in [0.4, 0.5) is 0 Å². The second-order valence-corrected chi connectivity index (χ2v) is 5.05. The lowest BCUT2D eigenvalue weighted by Gasteiger charge is -1.99. The smallest absolute Gasteiger partial charge is 0.209 e. The third-order valence-corrected chi connectivity index (χ3v) is 3.34. The molecule has 0 saturated carbocycles. The second kappa shape index (κ2) is 4.56. The van der Waals surface area contributed by atoms with Crippen LogP contribution in [0.15, 0.2) is 48.5 Å². The molecule has 0 bridgehead atoms. The number of carbonyl (C=O) groups is 1.